The molecule has 2 aromatic rings. The maximum Gasteiger partial charge on any atom is 0.405 e. The summed E-state index contributed by atoms with van der Waals surface area (Å²) in [5.41, 5.74) is 4.94. The van der Waals surface area contributed by atoms with Gasteiger partial charge in [0.15, 0.2) is 5.11 Å². The van der Waals surface area contributed by atoms with Crippen LogP contribution in [0.15, 0.2) is 36.4 Å². The maximum atomic E-state index is 13.7. The Labute approximate surface area is 216 Å². The van der Waals surface area contributed by atoms with Crippen LogP contribution in [-0.2, 0) is 0 Å². The quantitative estimate of drug-likeness (QED) is 0.155. The van der Waals surface area contributed by atoms with Crippen molar-refractivity contribution in [2.45, 2.75) is 25.2 Å². The number of hydrazine groups is 1. The molecule has 4 nitrogen and oxygen atoms in total. The molecule has 0 fully saturated rings. The molecule has 1 amide bonds. The van der Waals surface area contributed by atoms with Crippen LogP contribution in [0.1, 0.15) is 33.0 Å². The summed E-state index contributed by atoms with van der Waals surface area (Å²) in [5, 5.41) is 1.12. The van der Waals surface area contributed by atoms with Crippen LogP contribution in [-0.4, -0.2) is 29.9 Å². The highest BCUT2D eigenvalue weighted by molar-refractivity contribution is 7.80. The maximum absolute atomic E-state index is 13.7. The smallest absolute Gasteiger partial charge is 0.352 e. The van der Waals surface area contributed by atoms with E-state index in [-0.39, 0.29) is 26.2 Å². The Bertz CT molecular complexity index is 1120. The molecule has 2 aromatic carbocycles. The number of halogens is 9. The van der Waals surface area contributed by atoms with Gasteiger partial charge in [0.25, 0.3) is 5.91 Å². The second kappa shape index (κ2) is 11.7. The highest BCUT2D eigenvalue weighted by Crippen LogP contribution is 2.41. The summed E-state index contributed by atoms with van der Waals surface area (Å²) in [5.74, 6) is -2.75. The number of alkyl halides is 6. The SMILES string of the molecule is Cc1cc(/C=C/C(c2cc(Cl)c(Cl)c(Cl)c2)C(F)(F)F)ccc1C(=O)NNC(=S)NCC(F)(F)F. The average molecular weight is 579 g/mol. The minimum Gasteiger partial charge on any atom is -0.352 e. The normalized spacial score (nSPS) is 13.0. The lowest BCUT2D eigenvalue weighted by atomic mass is 9.96. The second-order valence-corrected chi connectivity index (χ2v) is 8.73. The number of hydrogen-bond acceptors (Lipinski definition) is 2. The van der Waals surface area contributed by atoms with Gasteiger partial charge in [-0.05, 0) is 54.0 Å². The number of carbonyl (C=O) groups excluding carboxylic acids is 1. The van der Waals surface area contributed by atoms with Crippen LogP contribution < -0.4 is 16.2 Å². The third-order valence-corrected chi connectivity index (χ3v) is 5.88. The third kappa shape index (κ3) is 8.75. The lowest BCUT2D eigenvalue weighted by Crippen LogP contribution is -2.48. The van der Waals surface area contributed by atoms with Crippen molar-refractivity contribution in [3.8, 4) is 0 Å². The first-order valence-corrected chi connectivity index (χ1v) is 11.0. The van der Waals surface area contributed by atoms with Crippen LogP contribution in [0.5, 0.6) is 0 Å². The van der Waals surface area contributed by atoms with Crippen LogP contribution in [0.2, 0.25) is 15.1 Å². The van der Waals surface area contributed by atoms with Gasteiger partial charge in [-0.15, -0.1) is 0 Å². The predicted molar refractivity (Wildman–Crippen MR) is 128 cm³/mol. The van der Waals surface area contributed by atoms with Crippen LogP contribution in [0.25, 0.3) is 6.08 Å². The number of aryl methyl sites for hydroxylation is 1. The summed E-state index contributed by atoms with van der Waals surface area (Å²) in [4.78, 5) is 12.3. The zero-order chi connectivity index (χ0) is 26.6. The topological polar surface area (TPSA) is 53.2 Å². The van der Waals surface area contributed by atoms with Crippen molar-refractivity contribution in [1.29, 1.82) is 0 Å². The molecular weight excluding hydrogens is 563 g/mol. The number of hydrogen-bond donors (Lipinski definition) is 3. The van der Waals surface area contributed by atoms with E-state index in [1.807, 2.05) is 5.32 Å². The fourth-order valence-corrected chi connectivity index (χ4v) is 3.56. The van der Waals surface area contributed by atoms with Crippen molar-refractivity contribution in [3.63, 3.8) is 0 Å². The van der Waals surface area contributed by atoms with Crippen LogP contribution in [0.4, 0.5) is 26.3 Å². The van der Waals surface area contributed by atoms with Gasteiger partial charge in [-0.25, -0.2) is 0 Å². The third-order valence-electron chi connectivity index (χ3n) is 4.43. The van der Waals surface area contributed by atoms with Crippen molar-refractivity contribution < 1.29 is 31.1 Å². The Hall–Kier alpha value is -2.21. The van der Waals surface area contributed by atoms with E-state index in [4.69, 9.17) is 34.8 Å². The first kappa shape index (κ1) is 29.0. The molecule has 0 saturated carbocycles. The van der Waals surface area contributed by atoms with Gasteiger partial charge in [0, 0.05) is 5.56 Å². The molecule has 190 valence electrons. The summed E-state index contributed by atoms with van der Waals surface area (Å²) < 4.78 is 77.6. The molecule has 0 heterocycles. The molecule has 3 N–H and O–H groups in total. The van der Waals surface area contributed by atoms with E-state index in [0.29, 0.717) is 11.1 Å². The lowest BCUT2D eigenvalue weighted by molar-refractivity contribution is -0.139. The fourth-order valence-electron chi connectivity index (χ4n) is 2.82. The van der Waals surface area contributed by atoms with Crippen molar-refractivity contribution in [3.05, 3.63) is 73.7 Å². The van der Waals surface area contributed by atoms with Crippen molar-refractivity contribution >= 4 is 64.1 Å². The van der Waals surface area contributed by atoms with E-state index in [0.717, 1.165) is 18.2 Å². The Balaban J connectivity index is 2.15. The number of carbonyl (C=O) groups is 1. The largest absolute Gasteiger partial charge is 0.405 e. The monoisotopic (exact) mass is 577 g/mol. The highest BCUT2D eigenvalue weighted by Gasteiger charge is 2.39. The minimum absolute atomic E-state index is 0.0575. The second-order valence-electron chi connectivity index (χ2n) is 7.13. The number of allylic oxidation sites excluding steroid dienone is 1. The van der Waals surface area contributed by atoms with Crippen LogP contribution >= 0.6 is 47.0 Å². The van der Waals surface area contributed by atoms with E-state index >= 15 is 0 Å². The molecule has 0 aliphatic heterocycles. The van der Waals surface area contributed by atoms with E-state index < -0.39 is 35.8 Å². The van der Waals surface area contributed by atoms with Gasteiger partial charge in [0.05, 0.1) is 21.0 Å². The van der Waals surface area contributed by atoms with Crippen molar-refractivity contribution in [1.82, 2.24) is 16.2 Å². The first-order chi connectivity index (χ1) is 16.1. The number of rotatable bonds is 5. The summed E-state index contributed by atoms with van der Waals surface area (Å²) in [6.07, 6.45) is -7.02. The van der Waals surface area contributed by atoms with E-state index in [1.165, 1.54) is 31.2 Å². The molecule has 0 aromatic heterocycles. The van der Waals surface area contributed by atoms with E-state index in [9.17, 15) is 31.1 Å². The molecule has 35 heavy (non-hydrogen) atoms. The molecular formula is C21H16Cl3F6N3OS. The molecule has 1 atom stereocenters. The Morgan fingerprint density at radius 1 is 1.03 bits per heavy atom. The molecule has 0 saturated heterocycles. The lowest BCUT2D eigenvalue weighted by Gasteiger charge is -2.18. The standard InChI is InChI=1S/C21H16Cl3F6N3OS/c1-10-6-11(2-4-13(10)18(34)32-33-19(35)31-9-20(25,26)27)3-5-14(21(28,29)30)12-7-15(22)17(24)16(23)8-12/h2-8,14H,9H2,1H3,(H,32,34)(H2,31,33,35)/b5-3+. The van der Waals surface area contributed by atoms with Crippen LogP contribution in [0.3, 0.4) is 0 Å². The minimum atomic E-state index is -4.66. The molecule has 0 spiro atoms. The molecule has 1 unspecified atom stereocenters. The zero-order valence-electron chi connectivity index (χ0n) is 17.5. The average Bonchev–Trinajstić information content (AvgIpc) is 2.73. The molecule has 0 aliphatic rings. The predicted octanol–water partition coefficient (Wildman–Crippen LogP) is 6.99. The van der Waals surface area contributed by atoms with E-state index in [1.54, 1.807) is 0 Å². The number of thiocarbonyl (C=S) groups is 1. The van der Waals surface area contributed by atoms with E-state index in [2.05, 4.69) is 23.1 Å². The van der Waals surface area contributed by atoms with Gasteiger partial charge in [0.1, 0.15) is 6.54 Å². The summed E-state index contributed by atoms with van der Waals surface area (Å²) >= 11 is 22.2. The fraction of sp³-hybridized carbons (Fsp3) is 0.238. The van der Waals surface area contributed by atoms with Gasteiger partial charge < -0.3 is 5.32 Å². The van der Waals surface area contributed by atoms with Gasteiger partial charge >= 0.3 is 12.4 Å². The summed E-state index contributed by atoms with van der Waals surface area (Å²) in [6, 6.07) is 6.36. The molecule has 0 aliphatic carbocycles. The Kier molecular flexibility index (Phi) is 9.69. The van der Waals surface area contributed by atoms with Gasteiger partial charge in [-0.1, -0.05) is 59.1 Å². The van der Waals surface area contributed by atoms with Crippen molar-refractivity contribution in [2.24, 2.45) is 0 Å². The molecule has 2 rings (SSSR count). The van der Waals surface area contributed by atoms with Crippen molar-refractivity contribution in [2.75, 3.05) is 6.54 Å². The zero-order valence-corrected chi connectivity index (χ0v) is 20.6. The molecule has 14 heteroatoms. The molecule has 0 bridgehead atoms. The van der Waals surface area contributed by atoms with Gasteiger partial charge in [-0.2, -0.15) is 26.3 Å². The molecule has 0 radical (unpaired) electrons. The number of benzene rings is 2. The number of nitrogens with one attached hydrogen (secondary N) is 3. The first-order valence-electron chi connectivity index (χ1n) is 9.49. The van der Waals surface area contributed by atoms with Gasteiger partial charge in [0.2, 0.25) is 0 Å². The van der Waals surface area contributed by atoms with Crippen LogP contribution in [0, 0.1) is 6.92 Å². The Morgan fingerprint density at radius 3 is 2.14 bits per heavy atom. The number of amides is 1. The highest BCUT2D eigenvalue weighted by atomic mass is 35.5. The summed E-state index contributed by atoms with van der Waals surface area (Å²) in [6.45, 7) is 0.147. The summed E-state index contributed by atoms with van der Waals surface area (Å²) in [7, 11) is 0. The van der Waals surface area contributed by atoms with Gasteiger partial charge in [-0.3, -0.25) is 15.6 Å². The Morgan fingerprint density at radius 2 is 1.63 bits per heavy atom.